The van der Waals surface area contributed by atoms with Crippen LogP contribution >= 0.6 is 11.6 Å². The first-order valence-electron chi connectivity index (χ1n) is 7.88. The molecular weight excluding hydrogens is 331 g/mol. The minimum absolute atomic E-state index is 0.118. The van der Waals surface area contributed by atoms with Crippen LogP contribution in [0.3, 0.4) is 0 Å². The molecule has 1 fully saturated rings. The van der Waals surface area contributed by atoms with Crippen LogP contribution in [0.5, 0.6) is 5.88 Å². The quantitative estimate of drug-likeness (QED) is 0.865. The zero-order valence-electron chi connectivity index (χ0n) is 13.3. The van der Waals surface area contributed by atoms with Gasteiger partial charge in [-0.25, -0.2) is 9.37 Å². The number of rotatable bonds is 6. The Labute approximate surface area is 145 Å². The molecule has 6 heteroatoms. The first kappa shape index (κ1) is 16.7. The van der Waals surface area contributed by atoms with Crippen molar-refractivity contribution in [1.29, 1.82) is 0 Å². The van der Waals surface area contributed by atoms with Gasteiger partial charge in [0.05, 0.1) is 11.6 Å². The molecule has 0 spiro atoms. The number of carbonyl (C=O) groups excluding carboxylic acids is 1. The lowest BCUT2D eigenvalue weighted by Gasteiger charge is -2.17. The summed E-state index contributed by atoms with van der Waals surface area (Å²) >= 11 is 6.07. The predicted molar refractivity (Wildman–Crippen MR) is 90.1 cm³/mol. The Morgan fingerprint density at radius 2 is 2.00 bits per heavy atom. The van der Waals surface area contributed by atoms with Crippen LogP contribution in [-0.4, -0.2) is 24.0 Å². The Morgan fingerprint density at radius 1 is 1.29 bits per heavy atom. The van der Waals surface area contributed by atoms with E-state index in [1.807, 2.05) is 6.92 Å². The van der Waals surface area contributed by atoms with Crippen molar-refractivity contribution in [2.24, 2.45) is 0 Å². The highest BCUT2D eigenvalue weighted by molar-refractivity contribution is 6.33. The summed E-state index contributed by atoms with van der Waals surface area (Å²) in [5.74, 6) is -0.232. The number of nitrogens with zero attached hydrogens (tertiary/aromatic N) is 1. The zero-order chi connectivity index (χ0) is 17.2. The van der Waals surface area contributed by atoms with Gasteiger partial charge in [-0.15, -0.1) is 0 Å². The molecule has 1 saturated carbocycles. The van der Waals surface area contributed by atoms with Crippen molar-refractivity contribution in [2.45, 2.75) is 25.2 Å². The van der Waals surface area contributed by atoms with Gasteiger partial charge in [0.25, 0.3) is 5.91 Å². The van der Waals surface area contributed by atoms with Crippen molar-refractivity contribution < 1.29 is 13.9 Å². The lowest BCUT2D eigenvalue weighted by molar-refractivity contribution is 0.0943. The molecule has 2 aromatic rings. The fourth-order valence-corrected chi connectivity index (χ4v) is 2.86. The average Bonchev–Trinajstić information content (AvgIpc) is 3.36. The van der Waals surface area contributed by atoms with Gasteiger partial charge in [0.15, 0.2) is 5.69 Å². The molecule has 1 N–H and O–H groups in total. The summed E-state index contributed by atoms with van der Waals surface area (Å²) in [6.45, 7) is 2.77. The first-order chi connectivity index (χ1) is 11.5. The second kappa shape index (κ2) is 6.77. The first-order valence-corrected chi connectivity index (χ1v) is 8.25. The highest BCUT2D eigenvalue weighted by atomic mass is 35.5. The van der Waals surface area contributed by atoms with Crippen molar-refractivity contribution in [3.05, 3.63) is 58.5 Å². The summed E-state index contributed by atoms with van der Waals surface area (Å²) < 4.78 is 18.4. The fraction of sp³-hybridized carbons (Fsp3) is 0.333. The normalized spacial score (nSPS) is 15.0. The minimum atomic E-state index is -0.338. The molecule has 0 unspecified atom stereocenters. The number of hydrogen-bond acceptors (Lipinski definition) is 3. The number of ether oxygens (including phenoxy) is 1. The molecule has 0 atom stereocenters. The molecule has 4 nitrogen and oxygen atoms in total. The second-order valence-corrected chi connectivity index (χ2v) is 6.29. The van der Waals surface area contributed by atoms with Crippen LogP contribution in [0.25, 0.3) is 0 Å². The molecule has 1 aliphatic rings. The van der Waals surface area contributed by atoms with Gasteiger partial charge >= 0.3 is 0 Å². The number of pyridine rings is 1. The van der Waals surface area contributed by atoms with E-state index in [4.69, 9.17) is 16.3 Å². The fourth-order valence-electron chi connectivity index (χ4n) is 2.67. The van der Waals surface area contributed by atoms with Crippen LogP contribution in [-0.2, 0) is 5.41 Å². The van der Waals surface area contributed by atoms with Crippen LogP contribution in [0.4, 0.5) is 4.39 Å². The van der Waals surface area contributed by atoms with E-state index in [-0.39, 0.29) is 27.9 Å². The van der Waals surface area contributed by atoms with Gasteiger partial charge < -0.3 is 10.1 Å². The average molecular weight is 349 g/mol. The predicted octanol–water partition coefficient (Wildman–Crippen LogP) is 3.73. The van der Waals surface area contributed by atoms with Crippen molar-refractivity contribution >= 4 is 17.5 Å². The Kier molecular flexibility index (Phi) is 4.71. The summed E-state index contributed by atoms with van der Waals surface area (Å²) in [6.07, 6.45) is 1.91. The SMILES string of the molecule is CCOc1ccc(Cl)c(C(=O)NCC2(c3ccc(F)cc3)CC2)n1. The maximum atomic E-state index is 13.1. The number of benzene rings is 1. The molecule has 1 aromatic carbocycles. The summed E-state index contributed by atoms with van der Waals surface area (Å²) in [4.78, 5) is 16.6. The Bertz CT molecular complexity index is 745. The van der Waals surface area contributed by atoms with Crippen molar-refractivity contribution in [2.75, 3.05) is 13.2 Å². The van der Waals surface area contributed by atoms with Gasteiger partial charge in [-0.3, -0.25) is 4.79 Å². The molecule has 0 bridgehead atoms. The third kappa shape index (κ3) is 3.51. The molecule has 126 valence electrons. The molecule has 0 aliphatic heterocycles. The third-order valence-electron chi connectivity index (χ3n) is 4.23. The molecule has 1 aliphatic carbocycles. The van der Waals surface area contributed by atoms with E-state index in [9.17, 15) is 9.18 Å². The molecule has 24 heavy (non-hydrogen) atoms. The molecule has 1 aromatic heterocycles. The van der Waals surface area contributed by atoms with E-state index in [0.717, 1.165) is 18.4 Å². The molecule has 1 heterocycles. The van der Waals surface area contributed by atoms with Crippen LogP contribution in [0.2, 0.25) is 5.02 Å². The minimum Gasteiger partial charge on any atom is -0.478 e. The van der Waals surface area contributed by atoms with Crippen LogP contribution in [0.15, 0.2) is 36.4 Å². The van der Waals surface area contributed by atoms with Gasteiger partial charge in [-0.05, 0) is 43.5 Å². The smallest absolute Gasteiger partial charge is 0.271 e. The Hall–Kier alpha value is -2.14. The van der Waals surface area contributed by atoms with Gasteiger partial charge in [0.2, 0.25) is 5.88 Å². The van der Waals surface area contributed by atoms with Crippen LogP contribution in [0.1, 0.15) is 35.8 Å². The monoisotopic (exact) mass is 348 g/mol. The van der Waals surface area contributed by atoms with Crippen molar-refractivity contribution in [3.63, 3.8) is 0 Å². The van der Waals surface area contributed by atoms with E-state index in [1.54, 1.807) is 24.3 Å². The topological polar surface area (TPSA) is 51.2 Å². The second-order valence-electron chi connectivity index (χ2n) is 5.88. The largest absolute Gasteiger partial charge is 0.478 e. The Morgan fingerprint density at radius 3 is 2.62 bits per heavy atom. The summed E-state index contributed by atoms with van der Waals surface area (Å²) in [7, 11) is 0. The number of amides is 1. The number of aromatic nitrogens is 1. The summed E-state index contributed by atoms with van der Waals surface area (Å²) in [5, 5.41) is 3.17. The van der Waals surface area contributed by atoms with Gasteiger partial charge in [0.1, 0.15) is 5.82 Å². The van der Waals surface area contributed by atoms with E-state index >= 15 is 0 Å². The number of nitrogens with one attached hydrogen (secondary N) is 1. The standard InChI is InChI=1S/C18H18ClFN2O2/c1-2-24-15-8-7-14(19)16(22-15)17(23)21-11-18(9-10-18)12-3-5-13(20)6-4-12/h3-8H,2,9-11H2,1H3,(H,21,23). The summed E-state index contributed by atoms with van der Waals surface area (Å²) in [5.41, 5.74) is 1.07. The van der Waals surface area contributed by atoms with Crippen molar-refractivity contribution in [3.8, 4) is 5.88 Å². The molecule has 0 saturated heterocycles. The molecule has 1 amide bonds. The lowest BCUT2D eigenvalue weighted by atomic mass is 9.96. The third-order valence-corrected chi connectivity index (χ3v) is 4.53. The molecular formula is C18H18ClFN2O2. The lowest BCUT2D eigenvalue weighted by Crippen LogP contribution is -2.33. The zero-order valence-corrected chi connectivity index (χ0v) is 14.1. The van der Waals surface area contributed by atoms with E-state index in [1.165, 1.54) is 12.1 Å². The maximum Gasteiger partial charge on any atom is 0.271 e. The highest BCUT2D eigenvalue weighted by Gasteiger charge is 2.44. The molecule has 3 rings (SSSR count). The van der Waals surface area contributed by atoms with Gasteiger partial charge in [0, 0.05) is 18.0 Å². The van der Waals surface area contributed by atoms with Gasteiger partial charge in [-0.2, -0.15) is 0 Å². The van der Waals surface area contributed by atoms with Crippen molar-refractivity contribution in [1.82, 2.24) is 10.3 Å². The van der Waals surface area contributed by atoms with E-state index in [2.05, 4.69) is 10.3 Å². The number of carbonyl (C=O) groups is 1. The number of hydrogen-bond donors (Lipinski definition) is 1. The van der Waals surface area contributed by atoms with Gasteiger partial charge in [-0.1, -0.05) is 23.7 Å². The number of halogens is 2. The Balaban J connectivity index is 1.69. The van der Waals surface area contributed by atoms with Crippen LogP contribution < -0.4 is 10.1 Å². The maximum absolute atomic E-state index is 13.1. The van der Waals surface area contributed by atoms with E-state index < -0.39 is 0 Å². The highest BCUT2D eigenvalue weighted by Crippen LogP contribution is 2.47. The van der Waals surface area contributed by atoms with Crippen LogP contribution in [0, 0.1) is 5.82 Å². The summed E-state index contributed by atoms with van der Waals surface area (Å²) in [6, 6.07) is 9.66. The molecule has 0 radical (unpaired) electrons. The van der Waals surface area contributed by atoms with E-state index in [0.29, 0.717) is 19.0 Å².